The van der Waals surface area contributed by atoms with E-state index in [2.05, 4.69) is 32.8 Å². The molecule has 1 aliphatic heterocycles. The van der Waals surface area contributed by atoms with Gasteiger partial charge in [0.25, 0.3) is 0 Å². The fourth-order valence-corrected chi connectivity index (χ4v) is 3.72. The van der Waals surface area contributed by atoms with Gasteiger partial charge in [-0.1, -0.05) is 35.9 Å². The van der Waals surface area contributed by atoms with Crippen LogP contribution in [0.2, 0.25) is 5.02 Å². The van der Waals surface area contributed by atoms with Gasteiger partial charge in [0.2, 0.25) is 5.88 Å². The summed E-state index contributed by atoms with van der Waals surface area (Å²) in [4.78, 5) is 13.1. The van der Waals surface area contributed by atoms with Crippen molar-refractivity contribution in [2.45, 2.75) is 19.5 Å². The summed E-state index contributed by atoms with van der Waals surface area (Å²) < 4.78 is 19.4. The number of hydrogen-bond acceptors (Lipinski definition) is 5. The van der Waals surface area contributed by atoms with E-state index in [0.29, 0.717) is 11.9 Å². The van der Waals surface area contributed by atoms with Crippen LogP contribution in [0.5, 0.6) is 11.6 Å². The fourth-order valence-electron chi connectivity index (χ4n) is 3.51. The van der Waals surface area contributed by atoms with Crippen LogP contribution < -0.4 is 9.64 Å². The lowest BCUT2D eigenvalue weighted by Crippen LogP contribution is -2.51. The van der Waals surface area contributed by atoms with Crippen molar-refractivity contribution in [3.05, 3.63) is 77.3 Å². The molecule has 0 saturated carbocycles. The summed E-state index contributed by atoms with van der Waals surface area (Å²) in [5.41, 5.74) is 1.21. The molecule has 1 atom stereocenters. The summed E-state index contributed by atoms with van der Waals surface area (Å²) in [6.45, 7) is 5.63. The van der Waals surface area contributed by atoms with Gasteiger partial charge in [0.1, 0.15) is 12.1 Å². The lowest BCUT2D eigenvalue weighted by molar-refractivity contribution is 0.180. The molecule has 0 amide bonds. The predicted octanol–water partition coefficient (Wildman–Crippen LogP) is 4.77. The Morgan fingerprint density at radius 3 is 2.76 bits per heavy atom. The average Bonchev–Trinajstić information content (AvgIpc) is 2.72. The molecule has 1 saturated heterocycles. The van der Waals surface area contributed by atoms with Crippen molar-refractivity contribution >= 4 is 17.4 Å². The van der Waals surface area contributed by atoms with Crippen LogP contribution >= 0.6 is 11.6 Å². The number of anilines is 1. The monoisotopic (exact) mass is 412 g/mol. The maximum Gasteiger partial charge on any atom is 0.224 e. The topological polar surface area (TPSA) is 41.5 Å². The quantitative estimate of drug-likeness (QED) is 0.603. The normalized spacial score (nSPS) is 17.3. The van der Waals surface area contributed by atoms with Crippen molar-refractivity contribution < 1.29 is 9.13 Å². The molecule has 3 aromatic rings. The smallest absolute Gasteiger partial charge is 0.224 e. The lowest BCUT2D eigenvalue weighted by atomic mass is 10.1. The first-order chi connectivity index (χ1) is 14.1. The second-order valence-electron chi connectivity index (χ2n) is 7.14. The Bertz CT molecular complexity index is 986. The van der Waals surface area contributed by atoms with E-state index in [0.717, 1.165) is 37.0 Å². The molecular formula is C22H22ClFN4O. The van der Waals surface area contributed by atoms with Gasteiger partial charge in [-0.2, -0.15) is 0 Å². The van der Waals surface area contributed by atoms with Gasteiger partial charge in [-0.3, -0.25) is 4.90 Å². The minimum absolute atomic E-state index is 0.150. The van der Waals surface area contributed by atoms with Crippen molar-refractivity contribution in [1.82, 2.24) is 14.9 Å². The third-order valence-corrected chi connectivity index (χ3v) is 5.28. The average molecular weight is 413 g/mol. The minimum Gasteiger partial charge on any atom is -0.436 e. The van der Waals surface area contributed by atoms with Gasteiger partial charge in [0.05, 0.1) is 0 Å². The molecule has 0 radical (unpaired) electrons. The molecule has 29 heavy (non-hydrogen) atoms. The Labute approximate surface area is 174 Å². The molecule has 2 heterocycles. The SMILES string of the molecule is C[C@H]1CN(c2cc(Oc3ccccc3F)ncn2)CCN1Cc1cccc(Cl)c1. The maximum absolute atomic E-state index is 13.8. The van der Waals surface area contributed by atoms with Gasteiger partial charge in [-0.05, 0) is 36.8 Å². The standard InChI is InChI=1S/C22H22ClFN4O/c1-16-13-28(10-9-27(16)14-17-5-4-6-18(23)11-17)21-12-22(26-15-25-21)29-20-8-3-2-7-19(20)24/h2-8,11-12,15-16H,9-10,13-14H2,1H3/t16-/m0/s1. The Hall–Kier alpha value is -2.70. The molecule has 2 aromatic carbocycles. The van der Waals surface area contributed by atoms with Crippen molar-refractivity contribution in [2.75, 3.05) is 24.5 Å². The number of nitrogens with zero attached hydrogens (tertiary/aromatic N) is 4. The Morgan fingerprint density at radius 1 is 1.10 bits per heavy atom. The van der Waals surface area contributed by atoms with Gasteiger partial charge in [-0.25, -0.2) is 14.4 Å². The molecule has 150 valence electrons. The van der Waals surface area contributed by atoms with Gasteiger partial charge in [-0.15, -0.1) is 0 Å². The summed E-state index contributed by atoms with van der Waals surface area (Å²) in [6.07, 6.45) is 1.45. The van der Waals surface area contributed by atoms with E-state index in [9.17, 15) is 4.39 Å². The van der Waals surface area contributed by atoms with Crippen LogP contribution in [0.1, 0.15) is 12.5 Å². The highest BCUT2D eigenvalue weighted by atomic mass is 35.5. The first kappa shape index (κ1) is 19.6. The molecule has 0 bridgehead atoms. The van der Waals surface area contributed by atoms with Crippen molar-refractivity contribution in [3.63, 3.8) is 0 Å². The zero-order chi connectivity index (χ0) is 20.2. The van der Waals surface area contributed by atoms with Crippen molar-refractivity contribution in [2.24, 2.45) is 0 Å². The van der Waals surface area contributed by atoms with Crippen LogP contribution in [-0.4, -0.2) is 40.5 Å². The Kier molecular flexibility index (Phi) is 5.92. The van der Waals surface area contributed by atoms with Gasteiger partial charge in [0, 0.05) is 43.3 Å². The van der Waals surface area contributed by atoms with E-state index in [1.165, 1.54) is 18.0 Å². The van der Waals surface area contributed by atoms with E-state index in [-0.39, 0.29) is 5.75 Å². The number of para-hydroxylation sites is 1. The first-order valence-corrected chi connectivity index (χ1v) is 9.94. The number of piperazine rings is 1. The molecule has 0 spiro atoms. The van der Waals surface area contributed by atoms with E-state index < -0.39 is 5.82 Å². The molecular weight excluding hydrogens is 391 g/mol. The number of ether oxygens (including phenoxy) is 1. The molecule has 1 fully saturated rings. The predicted molar refractivity (Wildman–Crippen MR) is 112 cm³/mol. The highest BCUT2D eigenvalue weighted by molar-refractivity contribution is 6.30. The number of benzene rings is 2. The van der Waals surface area contributed by atoms with Gasteiger partial charge >= 0.3 is 0 Å². The molecule has 5 nitrogen and oxygen atoms in total. The zero-order valence-electron chi connectivity index (χ0n) is 16.1. The summed E-state index contributed by atoms with van der Waals surface area (Å²) in [5.74, 6) is 0.836. The molecule has 0 unspecified atom stereocenters. The number of aromatic nitrogens is 2. The molecule has 4 rings (SSSR count). The van der Waals surface area contributed by atoms with E-state index in [1.807, 2.05) is 18.2 Å². The highest BCUT2D eigenvalue weighted by Gasteiger charge is 2.25. The van der Waals surface area contributed by atoms with E-state index >= 15 is 0 Å². The third-order valence-electron chi connectivity index (χ3n) is 5.04. The van der Waals surface area contributed by atoms with Crippen LogP contribution in [0.3, 0.4) is 0 Å². The van der Waals surface area contributed by atoms with E-state index in [1.54, 1.807) is 24.3 Å². The highest BCUT2D eigenvalue weighted by Crippen LogP contribution is 2.26. The number of rotatable bonds is 5. The van der Waals surface area contributed by atoms with Crippen LogP contribution in [0, 0.1) is 5.82 Å². The minimum atomic E-state index is -0.420. The number of hydrogen-bond donors (Lipinski definition) is 0. The summed E-state index contributed by atoms with van der Waals surface area (Å²) in [6, 6.07) is 16.4. The fraction of sp³-hybridized carbons (Fsp3) is 0.273. The van der Waals surface area contributed by atoms with Gasteiger partial charge < -0.3 is 9.64 Å². The first-order valence-electron chi connectivity index (χ1n) is 9.56. The lowest BCUT2D eigenvalue weighted by Gasteiger charge is -2.40. The van der Waals surface area contributed by atoms with Gasteiger partial charge in [0.15, 0.2) is 11.6 Å². The number of halogens is 2. The van der Waals surface area contributed by atoms with Crippen LogP contribution in [0.4, 0.5) is 10.2 Å². The van der Waals surface area contributed by atoms with Crippen LogP contribution in [0.25, 0.3) is 0 Å². The second-order valence-corrected chi connectivity index (χ2v) is 7.58. The summed E-state index contributed by atoms with van der Waals surface area (Å²) >= 11 is 6.11. The third kappa shape index (κ3) is 4.83. The van der Waals surface area contributed by atoms with Crippen molar-refractivity contribution in [3.8, 4) is 11.6 Å². The largest absolute Gasteiger partial charge is 0.436 e. The molecule has 7 heteroatoms. The Balaban J connectivity index is 1.42. The van der Waals surface area contributed by atoms with Crippen molar-refractivity contribution in [1.29, 1.82) is 0 Å². The van der Waals surface area contributed by atoms with Crippen LogP contribution in [0.15, 0.2) is 60.9 Å². The molecule has 0 aliphatic carbocycles. The summed E-state index contributed by atoms with van der Waals surface area (Å²) in [5, 5.41) is 0.761. The zero-order valence-corrected chi connectivity index (χ0v) is 16.9. The summed E-state index contributed by atoms with van der Waals surface area (Å²) in [7, 11) is 0. The Morgan fingerprint density at radius 2 is 1.97 bits per heavy atom. The molecule has 1 aromatic heterocycles. The second kappa shape index (κ2) is 8.76. The molecule has 0 N–H and O–H groups in total. The maximum atomic E-state index is 13.8. The van der Waals surface area contributed by atoms with E-state index in [4.69, 9.17) is 16.3 Å². The van der Waals surface area contributed by atoms with Crippen LogP contribution in [-0.2, 0) is 6.54 Å². The molecule has 1 aliphatic rings.